The van der Waals surface area contributed by atoms with Crippen molar-refractivity contribution in [2.24, 2.45) is 0 Å². The molecule has 2 rings (SSSR count). The summed E-state index contributed by atoms with van der Waals surface area (Å²) in [5.41, 5.74) is 7.20. The van der Waals surface area contributed by atoms with Gasteiger partial charge in [0.2, 0.25) is 0 Å². The van der Waals surface area contributed by atoms with E-state index in [-0.39, 0.29) is 0 Å². The first-order valence-electron chi connectivity index (χ1n) is 4.35. The summed E-state index contributed by atoms with van der Waals surface area (Å²) >= 11 is 0. The van der Waals surface area contributed by atoms with Gasteiger partial charge in [-0.25, -0.2) is 13.5 Å². The summed E-state index contributed by atoms with van der Waals surface area (Å²) in [4.78, 5) is 0. The molecular weight excluding hydrogens is 200 g/mol. The van der Waals surface area contributed by atoms with Gasteiger partial charge in [-0.3, -0.25) is 0 Å². The third-order valence-corrected chi connectivity index (χ3v) is 2.10. The number of anilines is 1. The summed E-state index contributed by atoms with van der Waals surface area (Å²) in [6, 6.07) is 3.56. The largest absolute Gasteiger partial charge is 0.396 e. The molecule has 3 nitrogen and oxygen atoms in total. The highest BCUT2D eigenvalue weighted by atomic mass is 19.2. The highest BCUT2D eigenvalue weighted by molar-refractivity contribution is 5.43. The number of rotatable bonds is 1. The Morgan fingerprint density at radius 3 is 2.53 bits per heavy atom. The third-order valence-electron chi connectivity index (χ3n) is 2.10. The lowest BCUT2D eigenvalue weighted by Gasteiger charge is -2.01. The number of aryl methyl sites for hydroxylation is 1. The molecule has 0 bridgehead atoms. The van der Waals surface area contributed by atoms with Crippen molar-refractivity contribution in [1.82, 2.24) is 9.78 Å². The van der Waals surface area contributed by atoms with Gasteiger partial charge in [-0.05, 0) is 19.1 Å². The number of aromatic nitrogens is 2. The monoisotopic (exact) mass is 209 g/mol. The van der Waals surface area contributed by atoms with Crippen LogP contribution in [0.5, 0.6) is 0 Å². The molecule has 5 heteroatoms. The molecule has 0 aliphatic carbocycles. The molecule has 0 radical (unpaired) electrons. The molecule has 0 atom stereocenters. The Kier molecular flexibility index (Phi) is 2.15. The second-order valence-corrected chi connectivity index (χ2v) is 3.21. The molecule has 0 fully saturated rings. The lowest BCUT2D eigenvalue weighted by molar-refractivity contribution is 0.507. The first-order valence-corrected chi connectivity index (χ1v) is 4.35. The highest BCUT2D eigenvalue weighted by Gasteiger charge is 2.06. The van der Waals surface area contributed by atoms with E-state index < -0.39 is 11.6 Å². The Balaban J connectivity index is 2.49. The van der Waals surface area contributed by atoms with Crippen LogP contribution in [0.15, 0.2) is 24.4 Å². The lowest BCUT2D eigenvalue weighted by atomic mass is 10.3. The fraction of sp³-hybridized carbons (Fsp3) is 0.100. The first kappa shape index (κ1) is 9.64. The molecule has 0 aliphatic heterocycles. The van der Waals surface area contributed by atoms with E-state index in [2.05, 4.69) is 5.10 Å². The summed E-state index contributed by atoms with van der Waals surface area (Å²) in [5, 5.41) is 4.05. The van der Waals surface area contributed by atoms with Gasteiger partial charge in [-0.1, -0.05) is 0 Å². The van der Waals surface area contributed by atoms with Crippen molar-refractivity contribution in [3.63, 3.8) is 0 Å². The third kappa shape index (κ3) is 1.68. The van der Waals surface area contributed by atoms with E-state index in [1.54, 1.807) is 13.1 Å². The molecule has 78 valence electrons. The van der Waals surface area contributed by atoms with Crippen LogP contribution in [0.25, 0.3) is 5.69 Å². The average Bonchev–Trinajstić information content (AvgIpc) is 2.52. The fourth-order valence-corrected chi connectivity index (χ4v) is 1.23. The van der Waals surface area contributed by atoms with Crippen LogP contribution < -0.4 is 5.73 Å². The SMILES string of the molecule is Cc1nn(-c2ccc(F)c(F)c2)cc1N. The van der Waals surface area contributed by atoms with E-state index in [0.717, 1.165) is 12.1 Å². The van der Waals surface area contributed by atoms with Gasteiger partial charge in [-0.2, -0.15) is 5.10 Å². The predicted molar refractivity (Wildman–Crippen MR) is 52.6 cm³/mol. The van der Waals surface area contributed by atoms with Crippen LogP contribution in [0, 0.1) is 18.6 Å². The summed E-state index contributed by atoms with van der Waals surface area (Å²) in [5.74, 6) is -1.78. The zero-order chi connectivity index (χ0) is 11.0. The van der Waals surface area contributed by atoms with Crippen molar-refractivity contribution < 1.29 is 8.78 Å². The van der Waals surface area contributed by atoms with Crippen molar-refractivity contribution in [3.8, 4) is 5.69 Å². The van der Waals surface area contributed by atoms with Crippen LogP contribution in [0.2, 0.25) is 0 Å². The van der Waals surface area contributed by atoms with Gasteiger partial charge in [0, 0.05) is 6.07 Å². The minimum atomic E-state index is -0.903. The first-order chi connectivity index (χ1) is 7.08. The van der Waals surface area contributed by atoms with Gasteiger partial charge in [0.05, 0.1) is 23.3 Å². The molecule has 0 spiro atoms. The number of hydrogen-bond acceptors (Lipinski definition) is 2. The molecule has 1 aromatic heterocycles. The van der Waals surface area contributed by atoms with Gasteiger partial charge in [0.15, 0.2) is 11.6 Å². The van der Waals surface area contributed by atoms with E-state index >= 15 is 0 Å². The molecule has 0 amide bonds. The van der Waals surface area contributed by atoms with Crippen LogP contribution in [0.3, 0.4) is 0 Å². The maximum Gasteiger partial charge on any atom is 0.160 e. The van der Waals surface area contributed by atoms with Gasteiger partial charge in [-0.15, -0.1) is 0 Å². The number of nitrogens with zero attached hydrogens (tertiary/aromatic N) is 2. The fourth-order valence-electron chi connectivity index (χ4n) is 1.23. The Morgan fingerprint density at radius 1 is 1.27 bits per heavy atom. The number of benzene rings is 1. The number of halogens is 2. The maximum absolute atomic E-state index is 12.9. The topological polar surface area (TPSA) is 43.8 Å². The lowest BCUT2D eigenvalue weighted by Crippen LogP contribution is -1.96. The Bertz CT molecular complexity index is 486. The molecule has 1 aromatic carbocycles. The second kappa shape index (κ2) is 3.34. The summed E-state index contributed by atoms with van der Waals surface area (Å²) < 4.78 is 27.0. The maximum atomic E-state index is 12.9. The van der Waals surface area contributed by atoms with Crippen LogP contribution in [0.4, 0.5) is 14.5 Å². The van der Waals surface area contributed by atoms with Crippen LogP contribution in [-0.4, -0.2) is 9.78 Å². The molecule has 0 unspecified atom stereocenters. The van der Waals surface area contributed by atoms with Crippen LogP contribution in [0.1, 0.15) is 5.69 Å². The summed E-state index contributed by atoms with van der Waals surface area (Å²) in [6.45, 7) is 1.74. The van der Waals surface area contributed by atoms with E-state index in [1.807, 2.05) is 0 Å². The van der Waals surface area contributed by atoms with Crippen molar-refractivity contribution in [2.45, 2.75) is 6.92 Å². The molecule has 2 N–H and O–H groups in total. The standard InChI is InChI=1S/C10H9F2N3/c1-6-10(13)5-15(14-6)7-2-3-8(11)9(12)4-7/h2-5H,13H2,1H3. The van der Waals surface area contributed by atoms with Gasteiger partial charge < -0.3 is 5.73 Å². The Labute approximate surface area is 85.1 Å². The molecule has 2 aromatic rings. The molecule has 1 heterocycles. The molecule has 15 heavy (non-hydrogen) atoms. The Hall–Kier alpha value is -1.91. The normalized spacial score (nSPS) is 10.6. The van der Waals surface area contributed by atoms with Crippen LogP contribution in [-0.2, 0) is 0 Å². The molecular formula is C10H9F2N3. The predicted octanol–water partition coefficient (Wildman–Crippen LogP) is 2.04. The van der Waals surface area contributed by atoms with E-state index in [0.29, 0.717) is 17.1 Å². The average molecular weight is 209 g/mol. The van der Waals surface area contributed by atoms with Crippen molar-refractivity contribution in [1.29, 1.82) is 0 Å². The highest BCUT2D eigenvalue weighted by Crippen LogP contribution is 2.15. The van der Waals surface area contributed by atoms with Gasteiger partial charge >= 0.3 is 0 Å². The van der Waals surface area contributed by atoms with Crippen molar-refractivity contribution in [3.05, 3.63) is 41.7 Å². The number of nitrogen functional groups attached to an aromatic ring is 1. The minimum Gasteiger partial charge on any atom is -0.396 e. The second-order valence-electron chi connectivity index (χ2n) is 3.21. The summed E-state index contributed by atoms with van der Waals surface area (Å²) in [7, 11) is 0. The minimum absolute atomic E-state index is 0.439. The van der Waals surface area contributed by atoms with Gasteiger partial charge in [0.1, 0.15) is 0 Å². The Morgan fingerprint density at radius 2 is 2.00 bits per heavy atom. The number of hydrogen-bond donors (Lipinski definition) is 1. The number of nitrogens with two attached hydrogens (primary N) is 1. The quantitative estimate of drug-likeness (QED) is 0.781. The smallest absolute Gasteiger partial charge is 0.160 e. The van der Waals surface area contributed by atoms with Crippen LogP contribution >= 0.6 is 0 Å². The van der Waals surface area contributed by atoms with E-state index in [4.69, 9.17) is 5.73 Å². The van der Waals surface area contributed by atoms with Crippen molar-refractivity contribution >= 4 is 5.69 Å². The zero-order valence-electron chi connectivity index (χ0n) is 8.04. The van der Waals surface area contributed by atoms with Crippen molar-refractivity contribution in [2.75, 3.05) is 5.73 Å². The van der Waals surface area contributed by atoms with E-state index in [1.165, 1.54) is 10.7 Å². The molecule has 0 saturated heterocycles. The summed E-state index contributed by atoms with van der Waals surface area (Å²) in [6.07, 6.45) is 1.56. The zero-order valence-corrected chi connectivity index (χ0v) is 8.04. The van der Waals surface area contributed by atoms with E-state index in [9.17, 15) is 8.78 Å². The van der Waals surface area contributed by atoms with Gasteiger partial charge in [0.25, 0.3) is 0 Å². The molecule has 0 aliphatic rings. The molecule has 0 saturated carbocycles.